The fraction of sp³-hybridized carbons (Fsp3) is 0.143. The van der Waals surface area contributed by atoms with Gasteiger partial charge in [0.05, 0.1) is 11.5 Å². The summed E-state index contributed by atoms with van der Waals surface area (Å²) >= 11 is 0. The van der Waals surface area contributed by atoms with E-state index in [0.29, 0.717) is 11.3 Å². The highest BCUT2D eigenvalue weighted by molar-refractivity contribution is 5.94. The van der Waals surface area contributed by atoms with E-state index in [1.54, 1.807) is 18.2 Å². The number of hydrogen-bond acceptors (Lipinski definition) is 6. The zero-order valence-electron chi connectivity index (χ0n) is 11.4. The molecule has 8 heteroatoms. The van der Waals surface area contributed by atoms with Crippen LogP contribution >= 0.6 is 0 Å². The Morgan fingerprint density at radius 1 is 1.36 bits per heavy atom. The first-order chi connectivity index (χ1) is 10.6. The number of amides is 1. The summed E-state index contributed by atoms with van der Waals surface area (Å²) in [5.74, 6) is 0.215. The van der Waals surface area contributed by atoms with E-state index in [-0.39, 0.29) is 30.6 Å². The molecule has 0 aliphatic heterocycles. The minimum atomic E-state index is -0.553. The number of ether oxygens (including phenoxy) is 1. The minimum Gasteiger partial charge on any atom is -0.439 e. The molecule has 0 saturated heterocycles. The Bertz CT molecular complexity index is 672. The van der Waals surface area contributed by atoms with E-state index in [0.717, 1.165) is 6.20 Å². The number of carbonyl (C=O) groups is 1. The third-order valence-corrected chi connectivity index (χ3v) is 2.65. The molecule has 114 valence electrons. The van der Waals surface area contributed by atoms with Crippen LogP contribution in [-0.2, 0) is 0 Å². The molecule has 8 nitrogen and oxygen atoms in total. The van der Waals surface area contributed by atoms with Gasteiger partial charge in [-0.15, -0.1) is 0 Å². The van der Waals surface area contributed by atoms with Crippen molar-refractivity contribution in [2.45, 2.75) is 0 Å². The lowest BCUT2D eigenvalue weighted by Crippen LogP contribution is -2.26. The first kappa shape index (κ1) is 15.4. The highest BCUT2D eigenvalue weighted by Crippen LogP contribution is 2.22. The van der Waals surface area contributed by atoms with Crippen LogP contribution in [0.25, 0.3) is 0 Å². The molecule has 0 bridgehead atoms. The second kappa shape index (κ2) is 7.14. The van der Waals surface area contributed by atoms with Crippen LogP contribution < -0.4 is 10.1 Å². The molecule has 0 aliphatic carbocycles. The van der Waals surface area contributed by atoms with Gasteiger partial charge < -0.3 is 15.2 Å². The van der Waals surface area contributed by atoms with Crippen molar-refractivity contribution in [2.24, 2.45) is 0 Å². The van der Waals surface area contributed by atoms with E-state index in [1.807, 2.05) is 0 Å². The highest BCUT2D eigenvalue weighted by atomic mass is 16.6. The second-order valence-corrected chi connectivity index (χ2v) is 4.22. The van der Waals surface area contributed by atoms with Gasteiger partial charge in [-0.2, -0.15) is 0 Å². The molecular weight excluding hydrogens is 290 g/mol. The third-order valence-electron chi connectivity index (χ3n) is 2.65. The Balaban J connectivity index is 2.09. The standard InChI is InChI=1S/C14H13N3O5/c18-7-6-15-14(19)10-2-1-3-12(8-10)22-13-5-4-11(9-16-13)17(20)21/h1-5,8-9,18H,6-7H2,(H,15,19). The quantitative estimate of drug-likeness (QED) is 0.617. The van der Waals surface area contributed by atoms with Crippen LogP contribution in [0, 0.1) is 10.1 Å². The monoisotopic (exact) mass is 303 g/mol. The van der Waals surface area contributed by atoms with Crippen molar-refractivity contribution in [1.29, 1.82) is 0 Å². The van der Waals surface area contributed by atoms with Crippen molar-refractivity contribution in [3.05, 3.63) is 58.3 Å². The van der Waals surface area contributed by atoms with Gasteiger partial charge in [-0.05, 0) is 18.2 Å². The molecule has 0 spiro atoms. The van der Waals surface area contributed by atoms with Gasteiger partial charge in [0.2, 0.25) is 5.88 Å². The van der Waals surface area contributed by atoms with Crippen LogP contribution in [0.15, 0.2) is 42.6 Å². The fourth-order valence-corrected chi connectivity index (χ4v) is 1.63. The van der Waals surface area contributed by atoms with Crippen LogP contribution in [0.2, 0.25) is 0 Å². The fourth-order valence-electron chi connectivity index (χ4n) is 1.63. The molecule has 0 aliphatic rings. The normalized spacial score (nSPS) is 10.0. The van der Waals surface area contributed by atoms with E-state index in [4.69, 9.17) is 9.84 Å². The number of benzene rings is 1. The van der Waals surface area contributed by atoms with Crippen LogP contribution in [0.3, 0.4) is 0 Å². The van der Waals surface area contributed by atoms with E-state index < -0.39 is 4.92 Å². The van der Waals surface area contributed by atoms with Crippen molar-refractivity contribution in [1.82, 2.24) is 10.3 Å². The lowest BCUT2D eigenvalue weighted by molar-refractivity contribution is -0.385. The Kier molecular flexibility index (Phi) is 4.99. The predicted octanol–water partition coefficient (Wildman–Crippen LogP) is 1.50. The molecule has 2 N–H and O–H groups in total. The number of rotatable bonds is 6. The van der Waals surface area contributed by atoms with Crippen LogP contribution in [0.1, 0.15) is 10.4 Å². The smallest absolute Gasteiger partial charge is 0.287 e. The summed E-state index contributed by atoms with van der Waals surface area (Å²) in [7, 11) is 0. The van der Waals surface area contributed by atoms with E-state index in [9.17, 15) is 14.9 Å². The molecule has 0 unspecified atom stereocenters. The van der Waals surface area contributed by atoms with Crippen molar-refractivity contribution in [2.75, 3.05) is 13.2 Å². The number of aliphatic hydroxyl groups is 1. The maximum absolute atomic E-state index is 11.8. The largest absolute Gasteiger partial charge is 0.439 e. The third kappa shape index (κ3) is 4.00. The van der Waals surface area contributed by atoms with Crippen molar-refractivity contribution in [3.63, 3.8) is 0 Å². The topological polar surface area (TPSA) is 115 Å². The minimum absolute atomic E-state index is 0.135. The Morgan fingerprint density at radius 3 is 2.82 bits per heavy atom. The van der Waals surface area contributed by atoms with Gasteiger partial charge in [-0.3, -0.25) is 14.9 Å². The maximum atomic E-state index is 11.8. The van der Waals surface area contributed by atoms with Crippen LogP contribution in [0.4, 0.5) is 5.69 Å². The SMILES string of the molecule is O=C(NCCO)c1cccc(Oc2ccc([N+](=O)[O-])cn2)c1. The summed E-state index contributed by atoms with van der Waals surface area (Å²) in [5.41, 5.74) is 0.234. The second-order valence-electron chi connectivity index (χ2n) is 4.22. The number of nitro groups is 1. The summed E-state index contributed by atoms with van der Waals surface area (Å²) in [6.07, 6.45) is 1.09. The number of hydrogen-bond donors (Lipinski definition) is 2. The summed E-state index contributed by atoms with van der Waals surface area (Å²) in [5, 5.41) is 21.7. The molecule has 0 atom stereocenters. The first-order valence-electron chi connectivity index (χ1n) is 6.37. The van der Waals surface area contributed by atoms with Gasteiger partial charge in [-0.25, -0.2) is 4.98 Å². The molecule has 0 saturated carbocycles. The lowest BCUT2D eigenvalue weighted by atomic mass is 10.2. The molecular formula is C14H13N3O5. The zero-order chi connectivity index (χ0) is 15.9. The summed E-state index contributed by atoms with van der Waals surface area (Å²) in [6.45, 7) is 0.0163. The highest BCUT2D eigenvalue weighted by Gasteiger charge is 2.09. The first-order valence-corrected chi connectivity index (χ1v) is 6.37. The number of carbonyl (C=O) groups excluding carboxylic acids is 1. The number of aliphatic hydroxyl groups excluding tert-OH is 1. The molecule has 2 rings (SSSR count). The van der Waals surface area contributed by atoms with Gasteiger partial charge in [0.25, 0.3) is 11.6 Å². The molecule has 2 aromatic rings. The molecule has 1 aromatic carbocycles. The molecule has 0 radical (unpaired) electrons. The summed E-state index contributed by atoms with van der Waals surface area (Å²) in [6, 6.07) is 9.02. The van der Waals surface area contributed by atoms with Gasteiger partial charge in [0.15, 0.2) is 0 Å². The zero-order valence-corrected chi connectivity index (χ0v) is 11.4. The van der Waals surface area contributed by atoms with Crippen molar-refractivity contribution in [3.8, 4) is 11.6 Å². The summed E-state index contributed by atoms with van der Waals surface area (Å²) in [4.78, 5) is 25.6. The van der Waals surface area contributed by atoms with Crippen LogP contribution in [0.5, 0.6) is 11.6 Å². The molecule has 1 amide bonds. The van der Waals surface area contributed by atoms with Gasteiger partial charge >= 0.3 is 0 Å². The molecule has 1 aromatic heterocycles. The summed E-state index contributed by atoms with van der Waals surface area (Å²) < 4.78 is 5.45. The van der Waals surface area contributed by atoms with Gasteiger partial charge in [-0.1, -0.05) is 6.07 Å². The van der Waals surface area contributed by atoms with Gasteiger partial charge in [0, 0.05) is 24.2 Å². The molecule has 0 fully saturated rings. The lowest BCUT2D eigenvalue weighted by Gasteiger charge is -2.07. The molecule has 22 heavy (non-hydrogen) atoms. The number of nitrogens with one attached hydrogen (secondary N) is 1. The Labute approximate surface area is 125 Å². The van der Waals surface area contributed by atoms with E-state index in [1.165, 1.54) is 18.2 Å². The molecule has 1 heterocycles. The average Bonchev–Trinajstić information content (AvgIpc) is 2.53. The Morgan fingerprint density at radius 2 is 2.18 bits per heavy atom. The number of nitrogens with zero attached hydrogens (tertiary/aromatic N) is 2. The van der Waals surface area contributed by atoms with Crippen molar-refractivity contribution < 1.29 is 19.6 Å². The van der Waals surface area contributed by atoms with Gasteiger partial charge in [0.1, 0.15) is 11.9 Å². The number of aromatic nitrogens is 1. The maximum Gasteiger partial charge on any atom is 0.287 e. The van der Waals surface area contributed by atoms with Crippen molar-refractivity contribution >= 4 is 11.6 Å². The Hall–Kier alpha value is -3.00. The van der Waals surface area contributed by atoms with E-state index in [2.05, 4.69) is 10.3 Å². The number of pyridine rings is 1. The van der Waals surface area contributed by atoms with E-state index >= 15 is 0 Å². The van der Waals surface area contributed by atoms with Crippen LogP contribution in [-0.4, -0.2) is 34.1 Å². The predicted molar refractivity (Wildman–Crippen MR) is 76.8 cm³/mol. The average molecular weight is 303 g/mol.